The van der Waals surface area contributed by atoms with Gasteiger partial charge in [0, 0.05) is 43.0 Å². The fraction of sp³-hybridized carbons (Fsp3) is 0.320. The number of benzene rings is 2. The number of hydrogen-bond donors (Lipinski definition) is 1. The first-order valence-electron chi connectivity index (χ1n) is 11.6. The van der Waals surface area contributed by atoms with Gasteiger partial charge in [0.15, 0.2) is 5.82 Å². The summed E-state index contributed by atoms with van der Waals surface area (Å²) in [7, 11) is -3.57. The number of morpholine rings is 1. The van der Waals surface area contributed by atoms with Crippen molar-refractivity contribution in [1.82, 2.24) is 14.5 Å². The number of carbonyl (C=O) groups is 1. The number of sulfonamides is 1. The summed E-state index contributed by atoms with van der Waals surface area (Å²) >= 11 is 0. The van der Waals surface area contributed by atoms with Gasteiger partial charge >= 0.3 is 0 Å². The molecule has 1 N–H and O–H groups in total. The zero-order valence-corrected chi connectivity index (χ0v) is 20.7. The third-order valence-corrected chi connectivity index (χ3v) is 7.93. The largest absolute Gasteiger partial charge is 0.378 e. The van der Waals surface area contributed by atoms with Crippen LogP contribution in [0.1, 0.15) is 24.2 Å². The van der Waals surface area contributed by atoms with Crippen molar-refractivity contribution in [2.45, 2.75) is 18.7 Å². The molecule has 9 nitrogen and oxygen atoms in total. The van der Waals surface area contributed by atoms with Gasteiger partial charge in [0.25, 0.3) is 5.91 Å². The smallest absolute Gasteiger partial charge is 0.255 e. The Labute approximate surface area is 205 Å². The highest BCUT2D eigenvalue weighted by Crippen LogP contribution is 2.23. The fourth-order valence-electron chi connectivity index (χ4n) is 3.89. The summed E-state index contributed by atoms with van der Waals surface area (Å²) in [5, 5.41) is 11.6. The maximum Gasteiger partial charge on any atom is 0.255 e. The van der Waals surface area contributed by atoms with Crippen molar-refractivity contribution >= 4 is 27.4 Å². The summed E-state index contributed by atoms with van der Waals surface area (Å²) in [5.74, 6) is 0.482. The van der Waals surface area contributed by atoms with Gasteiger partial charge in [0.05, 0.1) is 23.8 Å². The number of nitrogens with one attached hydrogen (secondary N) is 1. The van der Waals surface area contributed by atoms with E-state index in [0.29, 0.717) is 43.2 Å². The normalized spacial score (nSPS) is 14.2. The van der Waals surface area contributed by atoms with Gasteiger partial charge in [0.1, 0.15) is 0 Å². The van der Waals surface area contributed by atoms with E-state index >= 15 is 0 Å². The quantitative estimate of drug-likeness (QED) is 0.511. The number of amides is 1. The van der Waals surface area contributed by atoms with Gasteiger partial charge in [0.2, 0.25) is 10.0 Å². The molecule has 184 valence electrons. The maximum absolute atomic E-state index is 12.8. The monoisotopic (exact) mass is 495 g/mol. The zero-order valence-electron chi connectivity index (χ0n) is 19.8. The molecule has 1 saturated heterocycles. The van der Waals surface area contributed by atoms with Crippen LogP contribution in [0.3, 0.4) is 0 Å². The van der Waals surface area contributed by atoms with E-state index in [1.165, 1.54) is 28.6 Å². The highest BCUT2D eigenvalue weighted by atomic mass is 32.2. The highest BCUT2D eigenvalue weighted by Gasteiger charge is 2.21. The van der Waals surface area contributed by atoms with Gasteiger partial charge in [-0.25, -0.2) is 8.42 Å². The fourth-order valence-corrected chi connectivity index (χ4v) is 5.35. The molecule has 0 bridgehead atoms. The van der Waals surface area contributed by atoms with Crippen molar-refractivity contribution in [3.8, 4) is 11.3 Å². The third kappa shape index (κ3) is 5.67. The summed E-state index contributed by atoms with van der Waals surface area (Å²) in [4.78, 5) is 15.1. The SMILES string of the molecule is CCN(CC)S(=O)(=O)c1ccc(C(=O)Nc2cccc(-c3ccc(N4CCOCC4)nn3)c2)cc1. The number of hydrogen-bond acceptors (Lipinski definition) is 7. The lowest BCUT2D eigenvalue weighted by atomic mass is 10.1. The molecule has 2 aromatic carbocycles. The number of ether oxygens (including phenoxy) is 1. The lowest BCUT2D eigenvalue weighted by Gasteiger charge is -2.27. The minimum atomic E-state index is -3.57. The van der Waals surface area contributed by atoms with Crippen LogP contribution < -0.4 is 10.2 Å². The Morgan fingerprint density at radius 3 is 2.34 bits per heavy atom. The molecule has 0 spiro atoms. The van der Waals surface area contributed by atoms with E-state index in [9.17, 15) is 13.2 Å². The second-order valence-electron chi connectivity index (χ2n) is 8.02. The van der Waals surface area contributed by atoms with E-state index in [1.807, 2.05) is 30.3 Å². The van der Waals surface area contributed by atoms with Crippen LogP contribution in [-0.2, 0) is 14.8 Å². The molecule has 1 amide bonds. The summed E-state index contributed by atoms with van der Waals surface area (Å²) in [6, 6.07) is 17.2. The van der Waals surface area contributed by atoms with Crippen LogP contribution in [0.5, 0.6) is 0 Å². The van der Waals surface area contributed by atoms with Gasteiger partial charge in [-0.05, 0) is 48.5 Å². The molecule has 35 heavy (non-hydrogen) atoms. The third-order valence-electron chi connectivity index (χ3n) is 5.86. The van der Waals surface area contributed by atoms with E-state index in [2.05, 4.69) is 20.4 Å². The average molecular weight is 496 g/mol. The van der Waals surface area contributed by atoms with Crippen LogP contribution in [0.25, 0.3) is 11.3 Å². The van der Waals surface area contributed by atoms with Crippen molar-refractivity contribution in [3.63, 3.8) is 0 Å². The van der Waals surface area contributed by atoms with Gasteiger partial charge in [-0.1, -0.05) is 26.0 Å². The Kier molecular flexibility index (Phi) is 7.74. The second kappa shape index (κ2) is 10.9. The first kappa shape index (κ1) is 24.8. The maximum atomic E-state index is 12.8. The Hall–Kier alpha value is -3.34. The van der Waals surface area contributed by atoms with Crippen LogP contribution in [0.15, 0.2) is 65.6 Å². The number of nitrogens with zero attached hydrogens (tertiary/aromatic N) is 4. The van der Waals surface area contributed by atoms with Gasteiger partial charge < -0.3 is 15.0 Å². The van der Waals surface area contributed by atoms with Crippen molar-refractivity contribution in [2.75, 3.05) is 49.6 Å². The van der Waals surface area contributed by atoms with Gasteiger partial charge in [-0.3, -0.25) is 4.79 Å². The number of carbonyl (C=O) groups excluding carboxylic acids is 1. The van der Waals surface area contributed by atoms with E-state index in [1.54, 1.807) is 19.9 Å². The molecule has 10 heteroatoms. The van der Waals surface area contributed by atoms with Gasteiger partial charge in [-0.15, -0.1) is 10.2 Å². The van der Waals surface area contributed by atoms with Gasteiger partial charge in [-0.2, -0.15) is 4.31 Å². The Morgan fingerprint density at radius 2 is 1.71 bits per heavy atom. The molecular formula is C25H29N5O4S. The number of rotatable bonds is 8. The molecule has 3 aromatic rings. The molecule has 2 heterocycles. The van der Waals surface area contributed by atoms with Crippen molar-refractivity contribution in [1.29, 1.82) is 0 Å². The van der Waals surface area contributed by atoms with E-state index in [-0.39, 0.29) is 10.8 Å². The molecule has 0 atom stereocenters. The molecular weight excluding hydrogens is 466 g/mol. The summed E-state index contributed by atoms with van der Waals surface area (Å²) in [6.45, 7) is 7.30. The lowest BCUT2D eigenvalue weighted by Crippen LogP contribution is -2.36. The standard InChI is InChI=1S/C25H29N5O4S/c1-3-30(4-2)35(32,33)22-10-8-19(9-11-22)25(31)26-21-7-5-6-20(18-21)23-12-13-24(28-27-23)29-14-16-34-17-15-29/h5-13,18H,3-4,14-17H2,1-2H3,(H,26,31). The van der Waals surface area contributed by atoms with Crippen LogP contribution in [0.2, 0.25) is 0 Å². The lowest BCUT2D eigenvalue weighted by molar-refractivity contribution is 0.102. The summed E-state index contributed by atoms with van der Waals surface area (Å²) in [5.41, 5.74) is 2.49. The van der Waals surface area contributed by atoms with Crippen molar-refractivity contribution < 1.29 is 17.9 Å². The van der Waals surface area contributed by atoms with Crippen LogP contribution in [0.4, 0.5) is 11.5 Å². The van der Waals surface area contributed by atoms with E-state index in [0.717, 1.165) is 24.5 Å². The van der Waals surface area contributed by atoms with E-state index in [4.69, 9.17) is 4.74 Å². The average Bonchev–Trinajstić information content (AvgIpc) is 2.90. The van der Waals surface area contributed by atoms with E-state index < -0.39 is 10.0 Å². The van der Waals surface area contributed by atoms with Crippen molar-refractivity contribution in [2.24, 2.45) is 0 Å². The molecule has 0 aliphatic carbocycles. The first-order chi connectivity index (χ1) is 16.9. The van der Waals surface area contributed by atoms with Crippen LogP contribution in [0, 0.1) is 0 Å². The molecule has 1 aliphatic heterocycles. The predicted molar refractivity (Wildman–Crippen MR) is 135 cm³/mol. The summed E-state index contributed by atoms with van der Waals surface area (Å²) in [6.07, 6.45) is 0. The number of aromatic nitrogens is 2. The Bertz CT molecular complexity index is 1250. The minimum Gasteiger partial charge on any atom is -0.378 e. The Morgan fingerprint density at radius 1 is 1.00 bits per heavy atom. The number of anilines is 2. The van der Waals surface area contributed by atoms with Crippen LogP contribution >= 0.6 is 0 Å². The molecule has 0 saturated carbocycles. The first-order valence-corrected chi connectivity index (χ1v) is 13.0. The molecule has 4 rings (SSSR count). The Balaban J connectivity index is 1.45. The second-order valence-corrected chi connectivity index (χ2v) is 9.96. The molecule has 1 fully saturated rings. The summed E-state index contributed by atoms with van der Waals surface area (Å²) < 4.78 is 32.1. The highest BCUT2D eigenvalue weighted by molar-refractivity contribution is 7.89. The predicted octanol–water partition coefficient (Wildman–Crippen LogP) is 3.26. The topological polar surface area (TPSA) is 105 Å². The molecule has 0 radical (unpaired) electrons. The molecule has 1 aromatic heterocycles. The molecule has 1 aliphatic rings. The van der Waals surface area contributed by atoms with Crippen molar-refractivity contribution in [3.05, 3.63) is 66.2 Å². The van der Waals surface area contributed by atoms with Crippen LogP contribution in [-0.4, -0.2) is 68.2 Å². The minimum absolute atomic E-state index is 0.166. The zero-order chi connectivity index (χ0) is 24.8. The molecule has 0 unspecified atom stereocenters.